The monoisotopic (exact) mass is 383 g/mol. The van der Waals surface area contributed by atoms with E-state index in [1.165, 1.54) is 18.2 Å². The number of pyridine rings is 1. The molecule has 0 bridgehead atoms. The van der Waals surface area contributed by atoms with E-state index in [-0.39, 0.29) is 11.9 Å². The van der Waals surface area contributed by atoms with Crippen molar-refractivity contribution < 1.29 is 9.21 Å². The summed E-state index contributed by atoms with van der Waals surface area (Å²) < 4.78 is 5.61. The number of rotatable bonds is 5. The first kappa shape index (κ1) is 19.1. The zero-order valence-corrected chi connectivity index (χ0v) is 16.6. The van der Waals surface area contributed by atoms with Crippen LogP contribution in [0.1, 0.15) is 48.1 Å². The molecular formula is C21H29N5O2. The second kappa shape index (κ2) is 8.84. The van der Waals surface area contributed by atoms with Crippen LogP contribution < -0.4 is 0 Å². The number of piperidine rings is 1. The number of carbonyl (C=O) groups is 1. The molecule has 28 heavy (non-hydrogen) atoms. The SMILES string of the molecule is CC1CCCCN1C(=O)c1coc(CN2CCN(Cc3cccnc3)CC2)n1. The Balaban J connectivity index is 1.27. The fourth-order valence-corrected chi connectivity index (χ4v) is 4.08. The molecule has 7 nitrogen and oxygen atoms in total. The normalized spacial score (nSPS) is 21.8. The third kappa shape index (κ3) is 4.59. The molecule has 1 atom stereocenters. The van der Waals surface area contributed by atoms with Crippen LogP contribution in [0.25, 0.3) is 0 Å². The molecule has 7 heteroatoms. The topological polar surface area (TPSA) is 65.7 Å². The lowest BCUT2D eigenvalue weighted by Crippen LogP contribution is -2.45. The second-order valence-electron chi connectivity index (χ2n) is 7.88. The summed E-state index contributed by atoms with van der Waals surface area (Å²) in [4.78, 5) is 28.1. The van der Waals surface area contributed by atoms with Crippen molar-refractivity contribution >= 4 is 5.91 Å². The van der Waals surface area contributed by atoms with Crippen LogP contribution in [0.4, 0.5) is 0 Å². The molecule has 1 amide bonds. The highest BCUT2D eigenvalue weighted by Crippen LogP contribution is 2.19. The molecule has 0 aromatic carbocycles. The Morgan fingerprint density at radius 1 is 1.14 bits per heavy atom. The number of hydrogen-bond donors (Lipinski definition) is 0. The Hall–Kier alpha value is -2.25. The van der Waals surface area contributed by atoms with Crippen molar-refractivity contribution in [1.29, 1.82) is 0 Å². The van der Waals surface area contributed by atoms with E-state index in [0.717, 1.165) is 52.1 Å². The summed E-state index contributed by atoms with van der Waals surface area (Å²) in [6.07, 6.45) is 8.60. The quantitative estimate of drug-likeness (QED) is 0.790. The number of nitrogens with zero attached hydrogens (tertiary/aromatic N) is 5. The molecule has 0 N–H and O–H groups in total. The summed E-state index contributed by atoms with van der Waals surface area (Å²) in [5.74, 6) is 0.636. The minimum atomic E-state index is 0.00323. The summed E-state index contributed by atoms with van der Waals surface area (Å²) in [5, 5.41) is 0. The molecule has 2 aromatic heterocycles. The number of carbonyl (C=O) groups excluding carboxylic acids is 1. The molecular weight excluding hydrogens is 354 g/mol. The molecule has 0 radical (unpaired) electrons. The van der Waals surface area contributed by atoms with Crippen LogP contribution in [0, 0.1) is 0 Å². The third-order valence-corrected chi connectivity index (χ3v) is 5.79. The Bertz CT molecular complexity index is 770. The molecule has 2 aliphatic heterocycles. The van der Waals surface area contributed by atoms with E-state index in [0.29, 0.717) is 18.1 Å². The van der Waals surface area contributed by atoms with E-state index >= 15 is 0 Å². The standard InChI is InChI=1S/C21H29N5O2/c1-17-5-2-3-8-26(17)21(27)19-16-28-20(23-19)15-25-11-9-24(10-12-25)14-18-6-4-7-22-13-18/h4,6-7,13,16-17H,2-3,5,8-12,14-15H2,1H3. The van der Waals surface area contributed by atoms with Gasteiger partial charge >= 0.3 is 0 Å². The lowest BCUT2D eigenvalue weighted by Gasteiger charge is -2.34. The van der Waals surface area contributed by atoms with E-state index in [4.69, 9.17) is 4.42 Å². The highest BCUT2D eigenvalue weighted by Gasteiger charge is 2.27. The average Bonchev–Trinajstić information content (AvgIpc) is 3.19. The fourth-order valence-electron chi connectivity index (χ4n) is 4.08. The summed E-state index contributed by atoms with van der Waals surface area (Å²) in [7, 11) is 0. The van der Waals surface area contributed by atoms with Gasteiger partial charge in [0.25, 0.3) is 5.91 Å². The van der Waals surface area contributed by atoms with Gasteiger partial charge in [0.2, 0.25) is 5.89 Å². The second-order valence-corrected chi connectivity index (χ2v) is 7.88. The Labute approximate surface area is 166 Å². The first-order valence-corrected chi connectivity index (χ1v) is 10.3. The maximum atomic E-state index is 12.7. The number of aromatic nitrogens is 2. The van der Waals surface area contributed by atoms with E-state index < -0.39 is 0 Å². The average molecular weight is 383 g/mol. The van der Waals surface area contributed by atoms with Crippen molar-refractivity contribution in [3.05, 3.63) is 47.9 Å². The lowest BCUT2D eigenvalue weighted by atomic mass is 10.0. The van der Waals surface area contributed by atoms with Gasteiger partial charge in [0.15, 0.2) is 5.69 Å². The molecule has 0 spiro atoms. The van der Waals surface area contributed by atoms with Crippen molar-refractivity contribution in [1.82, 2.24) is 24.7 Å². The third-order valence-electron chi connectivity index (χ3n) is 5.79. The summed E-state index contributed by atoms with van der Waals surface area (Å²) in [5.41, 5.74) is 1.69. The van der Waals surface area contributed by atoms with E-state index in [9.17, 15) is 4.79 Å². The predicted molar refractivity (Wildman–Crippen MR) is 106 cm³/mol. The highest BCUT2D eigenvalue weighted by atomic mass is 16.3. The van der Waals surface area contributed by atoms with Gasteiger partial charge in [-0.15, -0.1) is 0 Å². The van der Waals surface area contributed by atoms with Gasteiger partial charge in [0.1, 0.15) is 6.26 Å². The van der Waals surface area contributed by atoms with Crippen LogP contribution in [0.3, 0.4) is 0 Å². The molecule has 0 aliphatic carbocycles. The molecule has 4 heterocycles. The smallest absolute Gasteiger partial charge is 0.276 e. The van der Waals surface area contributed by atoms with E-state index in [1.54, 1.807) is 0 Å². The lowest BCUT2D eigenvalue weighted by molar-refractivity contribution is 0.0629. The largest absolute Gasteiger partial charge is 0.447 e. The maximum Gasteiger partial charge on any atom is 0.276 e. The summed E-state index contributed by atoms with van der Waals surface area (Å²) >= 11 is 0. The van der Waals surface area contributed by atoms with Gasteiger partial charge in [-0.25, -0.2) is 4.98 Å². The van der Waals surface area contributed by atoms with Crippen LogP contribution in [0.15, 0.2) is 35.2 Å². The fraction of sp³-hybridized carbons (Fsp3) is 0.571. The Morgan fingerprint density at radius 3 is 2.64 bits per heavy atom. The van der Waals surface area contributed by atoms with Crippen LogP contribution in [0.5, 0.6) is 0 Å². The Kier molecular flexibility index (Phi) is 6.02. The van der Waals surface area contributed by atoms with Crippen molar-refractivity contribution in [2.75, 3.05) is 32.7 Å². The minimum Gasteiger partial charge on any atom is -0.447 e. The molecule has 2 aromatic rings. The molecule has 0 saturated carbocycles. The minimum absolute atomic E-state index is 0.00323. The molecule has 1 unspecified atom stereocenters. The molecule has 2 fully saturated rings. The highest BCUT2D eigenvalue weighted by molar-refractivity contribution is 5.92. The van der Waals surface area contributed by atoms with Gasteiger partial charge < -0.3 is 9.32 Å². The zero-order valence-electron chi connectivity index (χ0n) is 16.6. The summed E-state index contributed by atoms with van der Waals surface area (Å²) in [6.45, 7) is 8.48. The van der Waals surface area contributed by atoms with Gasteiger partial charge in [-0.3, -0.25) is 19.6 Å². The Morgan fingerprint density at radius 2 is 1.93 bits per heavy atom. The molecule has 2 saturated heterocycles. The van der Waals surface area contributed by atoms with Crippen LogP contribution in [-0.4, -0.2) is 69.3 Å². The van der Waals surface area contributed by atoms with Gasteiger partial charge in [-0.05, 0) is 37.8 Å². The van der Waals surface area contributed by atoms with Gasteiger partial charge in [-0.1, -0.05) is 6.07 Å². The van der Waals surface area contributed by atoms with Crippen LogP contribution in [-0.2, 0) is 13.1 Å². The van der Waals surface area contributed by atoms with E-state index in [2.05, 4.69) is 32.8 Å². The predicted octanol–water partition coefficient (Wildman–Crippen LogP) is 2.40. The number of hydrogen-bond acceptors (Lipinski definition) is 6. The first-order valence-electron chi connectivity index (χ1n) is 10.3. The number of piperazine rings is 1. The van der Waals surface area contributed by atoms with Gasteiger partial charge in [0.05, 0.1) is 6.54 Å². The molecule has 2 aliphatic rings. The van der Waals surface area contributed by atoms with E-state index in [1.807, 2.05) is 23.4 Å². The van der Waals surface area contributed by atoms with Gasteiger partial charge in [-0.2, -0.15) is 0 Å². The number of oxazole rings is 1. The van der Waals surface area contributed by atoms with Crippen molar-refractivity contribution in [2.24, 2.45) is 0 Å². The van der Waals surface area contributed by atoms with Gasteiger partial charge in [0, 0.05) is 57.7 Å². The van der Waals surface area contributed by atoms with Crippen LogP contribution >= 0.6 is 0 Å². The van der Waals surface area contributed by atoms with Crippen molar-refractivity contribution in [2.45, 2.75) is 45.3 Å². The number of amides is 1. The number of likely N-dealkylation sites (tertiary alicyclic amines) is 1. The van der Waals surface area contributed by atoms with Crippen molar-refractivity contribution in [3.63, 3.8) is 0 Å². The first-order chi connectivity index (χ1) is 13.7. The molecule has 4 rings (SSSR count). The van der Waals surface area contributed by atoms with Crippen molar-refractivity contribution in [3.8, 4) is 0 Å². The maximum absolute atomic E-state index is 12.7. The summed E-state index contributed by atoms with van der Waals surface area (Å²) in [6, 6.07) is 4.39. The zero-order chi connectivity index (χ0) is 19.3. The molecule has 150 valence electrons. The van der Waals surface area contributed by atoms with Crippen LogP contribution in [0.2, 0.25) is 0 Å².